The van der Waals surface area contributed by atoms with Gasteiger partial charge in [-0.05, 0) is 0 Å². The second kappa shape index (κ2) is 4.54. The Kier molecular flexibility index (Phi) is 4.58. The van der Waals surface area contributed by atoms with Crippen molar-refractivity contribution in [3.8, 4) is 0 Å². The van der Waals surface area contributed by atoms with Crippen LogP contribution in [0.2, 0.25) is 0 Å². The Hall–Kier alpha value is 0.0900. The molecular weight excluding hydrogens is 176 g/mol. The molecule has 0 aliphatic carbocycles. The zero-order valence-electron chi connectivity index (χ0n) is 10.1. The molecule has 0 saturated carbocycles. The van der Waals surface area contributed by atoms with E-state index in [9.17, 15) is 0 Å². The summed E-state index contributed by atoms with van der Waals surface area (Å²) in [5.74, 6) is 2.54. The summed E-state index contributed by atoms with van der Waals surface area (Å²) in [5.41, 5.74) is 0.866. The molecule has 1 heteroatoms. The molecule has 0 bridgehead atoms. The predicted octanol–water partition coefficient (Wildman–Crippen LogP) is 3.84. The minimum Gasteiger partial charge on any atom is -0.0557 e. The fourth-order valence-corrected chi connectivity index (χ4v) is 3.84. The standard InChI is InChI=1S/C12H25S/c1-8-13(9-11(2,3)4)10-12(5,6)7/h8H,1,9-10H2,2-7H3/q+1. The maximum Gasteiger partial charge on any atom is 0.117 e. The van der Waals surface area contributed by atoms with Gasteiger partial charge in [0.15, 0.2) is 0 Å². The molecule has 0 aromatic rings. The molecule has 0 spiro atoms. The fourth-order valence-electron chi connectivity index (χ4n) is 1.28. The number of rotatable bonds is 3. The first kappa shape index (κ1) is 13.1. The average molecular weight is 201 g/mol. The van der Waals surface area contributed by atoms with Crippen LogP contribution in [-0.2, 0) is 10.9 Å². The Morgan fingerprint density at radius 1 is 0.923 bits per heavy atom. The smallest absolute Gasteiger partial charge is 0.0557 e. The molecule has 0 heterocycles. The molecule has 0 fully saturated rings. The van der Waals surface area contributed by atoms with Crippen LogP contribution in [0.1, 0.15) is 41.5 Å². The Morgan fingerprint density at radius 2 is 1.23 bits per heavy atom. The van der Waals surface area contributed by atoms with Crippen molar-refractivity contribution in [3.63, 3.8) is 0 Å². The van der Waals surface area contributed by atoms with E-state index in [-0.39, 0.29) is 0 Å². The molecule has 0 unspecified atom stereocenters. The number of hydrogen-bond acceptors (Lipinski definition) is 0. The Balaban J connectivity index is 4.13. The summed E-state index contributed by atoms with van der Waals surface area (Å²) in [7, 11) is 0.394. The van der Waals surface area contributed by atoms with Gasteiger partial charge >= 0.3 is 0 Å². The van der Waals surface area contributed by atoms with Crippen molar-refractivity contribution >= 4 is 10.9 Å². The molecule has 0 aromatic heterocycles. The van der Waals surface area contributed by atoms with E-state index in [0.29, 0.717) is 21.7 Å². The average Bonchev–Trinajstić information content (AvgIpc) is 1.79. The molecule has 0 aliphatic heterocycles. The van der Waals surface area contributed by atoms with Gasteiger partial charge in [0.2, 0.25) is 0 Å². The van der Waals surface area contributed by atoms with Crippen molar-refractivity contribution in [2.24, 2.45) is 10.8 Å². The lowest BCUT2D eigenvalue weighted by molar-refractivity contribution is 0.463. The van der Waals surface area contributed by atoms with Gasteiger partial charge in [0.1, 0.15) is 16.9 Å². The Labute approximate surface area is 87.2 Å². The molecule has 0 rings (SSSR count). The highest BCUT2D eigenvalue weighted by atomic mass is 32.2. The predicted molar refractivity (Wildman–Crippen MR) is 66.2 cm³/mol. The van der Waals surface area contributed by atoms with Gasteiger partial charge in [0.25, 0.3) is 0 Å². The van der Waals surface area contributed by atoms with Crippen molar-refractivity contribution in [1.82, 2.24) is 0 Å². The summed E-state index contributed by atoms with van der Waals surface area (Å²) in [6.07, 6.45) is 0. The van der Waals surface area contributed by atoms with Crippen LogP contribution in [0.4, 0.5) is 0 Å². The van der Waals surface area contributed by atoms with Gasteiger partial charge in [0, 0.05) is 21.7 Å². The van der Waals surface area contributed by atoms with Gasteiger partial charge in [0.05, 0.1) is 0 Å². The second-order valence-corrected chi connectivity index (χ2v) is 8.10. The fraction of sp³-hybridized carbons (Fsp3) is 0.833. The van der Waals surface area contributed by atoms with Crippen molar-refractivity contribution < 1.29 is 0 Å². The lowest BCUT2D eigenvalue weighted by atomic mass is 10.0. The molecule has 0 saturated heterocycles. The van der Waals surface area contributed by atoms with Gasteiger partial charge in [-0.15, -0.1) is 0 Å². The quantitative estimate of drug-likeness (QED) is 0.609. The zero-order valence-corrected chi connectivity index (χ0v) is 10.9. The summed E-state index contributed by atoms with van der Waals surface area (Å²) < 4.78 is 0. The van der Waals surface area contributed by atoms with E-state index in [1.54, 1.807) is 0 Å². The first-order chi connectivity index (χ1) is 5.64. The van der Waals surface area contributed by atoms with Crippen LogP contribution >= 0.6 is 0 Å². The molecule has 0 nitrogen and oxygen atoms in total. The molecule has 0 aromatic carbocycles. The SMILES string of the molecule is C=C[S+](CC(C)(C)C)CC(C)(C)C. The third kappa shape index (κ3) is 8.42. The van der Waals surface area contributed by atoms with Crippen LogP contribution in [0.15, 0.2) is 12.0 Å². The monoisotopic (exact) mass is 201 g/mol. The largest absolute Gasteiger partial charge is 0.117 e. The molecule has 78 valence electrons. The van der Waals surface area contributed by atoms with Gasteiger partial charge in [-0.25, -0.2) is 0 Å². The van der Waals surface area contributed by atoms with Gasteiger partial charge < -0.3 is 0 Å². The summed E-state index contributed by atoms with van der Waals surface area (Å²) in [4.78, 5) is 0. The summed E-state index contributed by atoms with van der Waals surface area (Å²) >= 11 is 0. The van der Waals surface area contributed by atoms with Gasteiger partial charge in [-0.2, -0.15) is 0 Å². The topological polar surface area (TPSA) is 0 Å². The van der Waals surface area contributed by atoms with E-state index in [1.807, 2.05) is 0 Å². The minimum atomic E-state index is 0.394. The summed E-state index contributed by atoms with van der Waals surface area (Å²) in [5, 5.41) is 2.15. The highest BCUT2D eigenvalue weighted by Gasteiger charge is 2.28. The van der Waals surface area contributed by atoms with Crippen LogP contribution in [-0.4, -0.2) is 11.5 Å². The van der Waals surface area contributed by atoms with Crippen molar-refractivity contribution in [1.29, 1.82) is 0 Å². The van der Waals surface area contributed by atoms with E-state index in [2.05, 4.69) is 53.5 Å². The maximum atomic E-state index is 3.94. The molecule has 0 atom stereocenters. The highest BCUT2D eigenvalue weighted by Crippen LogP contribution is 2.24. The van der Waals surface area contributed by atoms with Crippen molar-refractivity contribution in [3.05, 3.63) is 12.0 Å². The van der Waals surface area contributed by atoms with E-state index in [1.165, 1.54) is 11.5 Å². The Bertz CT molecular complexity index is 141. The van der Waals surface area contributed by atoms with E-state index in [4.69, 9.17) is 0 Å². The Morgan fingerprint density at radius 3 is 1.38 bits per heavy atom. The molecule has 0 radical (unpaired) electrons. The molecule has 0 aliphatic rings. The van der Waals surface area contributed by atoms with Crippen molar-refractivity contribution in [2.75, 3.05) is 11.5 Å². The molecule has 13 heavy (non-hydrogen) atoms. The molecular formula is C12H25S+. The van der Waals surface area contributed by atoms with E-state index < -0.39 is 0 Å². The van der Waals surface area contributed by atoms with Crippen LogP contribution in [0.3, 0.4) is 0 Å². The van der Waals surface area contributed by atoms with Crippen LogP contribution in [0.5, 0.6) is 0 Å². The van der Waals surface area contributed by atoms with Gasteiger partial charge in [-0.1, -0.05) is 48.1 Å². The van der Waals surface area contributed by atoms with Crippen molar-refractivity contribution in [2.45, 2.75) is 41.5 Å². The first-order valence-corrected chi connectivity index (χ1v) is 6.55. The van der Waals surface area contributed by atoms with E-state index >= 15 is 0 Å². The van der Waals surface area contributed by atoms with Crippen LogP contribution in [0, 0.1) is 10.8 Å². The molecule has 0 N–H and O–H groups in total. The highest BCUT2D eigenvalue weighted by molar-refractivity contribution is 7.99. The minimum absolute atomic E-state index is 0.394. The number of hydrogen-bond donors (Lipinski definition) is 0. The first-order valence-electron chi connectivity index (χ1n) is 4.93. The molecule has 0 amide bonds. The normalized spacial score (nSPS) is 13.5. The maximum absolute atomic E-state index is 3.94. The van der Waals surface area contributed by atoms with Crippen LogP contribution in [0.25, 0.3) is 0 Å². The lowest BCUT2D eigenvalue weighted by Crippen LogP contribution is -2.27. The third-order valence-electron chi connectivity index (χ3n) is 1.47. The lowest BCUT2D eigenvalue weighted by Gasteiger charge is -2.22. The van der Waals surface area contributed by atoms with E-state index in [0.717, 1.165) is 0 Å². The second-order valence-electron chi connectivity index (χ2n) is 6.11. The third-order valence-corrected chi connectivity index (χ3v) is 4.42. The zero-order chi connectivity index (χ0) is 10.7. The van der Waals surface area contributed by atoms with Crippen LogP contribution < -0.4 is 0 Å². The van der Waals surface area contributed by atoms with Gasteiger partial charge in [-0.3, -0.25) is 0 Å². The summed E-state index contributed by atoms with van der Waals surface area (Å²) in [6.45, 7) is 17.8. The summed E-state index contributed by atoms with van der Waals surface area (Å²) in [6, 6.07) is 0.